The Balaban J connectivity index is 0.000000605. The van der Waals surface area contributed by atoms with Gasteiger partial charge >= 0.3 is 5.97 Å². The normalized spacial score (nSPS) is 38.8. The molecule has 4 heteroatoms. The monoisotopic (exact) mass is 177 g/mol. The van der Waals surface area contributed by atoms with Crippen LogP contribution in [0, 0.1) is 11.8 Å². The molecule has 3 rings (SSSR count). The van der Waals surface area contributed by atoms with E-state index in [0.717, 1.165) is 6.54 Å². The summed E-state index contributed by atoms with van der Waals surface area (Å²) in [5.74, 6) is 0.702. The van der Waals surface area contributed by atoms with Crippen LogP contribution in [0.5, 0.6) is 0 Å². The minimum atomic E-state index is -0.0359. The molecule has 0 aromatic carbocycles. The maximum Gasteiger partial charge on any atom is 0.310 e. The van der Waals surface area contributed by atoms with Gasteiger partial charge in [-0.05, 0) is 18.9 Å². The van der Waals surface area contributed by atoms with Crippen molar-refractivity contribution in [2.24, 2.45) is 11.8 Å². The molecule has 3 aliphatic rings. The molecule has 0 amide bonds. The van der Waals surface area contributed by atoms with Crippen LogP contribution in [-0.4, -0.2) is 25.7 Å². The van der Waals surface area contributed by atoms with Crippen LogP contribution in [0.1, 0.15) is 6.42 Å². The molecule has 2 saturated heterocycles. The van der Waals surface area contributed by atoms with Crippen LogP contribution in [0.25, 0.3) is 0 Å². The zero-order chi connectivity index (χ0) is 7.14. The summed E-state index contributed by atoms with van der Waals surface area (Å²) >= 11 is 0. The average molecular weight is 178 g/mol. The zero-order valence-corrected chi connectivity index (χ0v) is 7.19. The Labute approximate surface area is 71.9 Å². The smallest absolute Gasteiger partial charge is 0.310 e. The van der Waals surface area contributed by atoms with E-state index in [-0.39, 0.29) is 24.3 Å². The van der Waals surface area contributed by atoms with Crippen molar-refractivity contribution in [1.82, 2.24) is 5.32 Å². The summed E-state index contributed by atoms with van der Waals surface area (Å²) in [6, 6.07) is 0.428. The number of hydrogen-bond donors (Lipinski definition) is 1. The highest BCUT2D eigenvalue weighted by Gasteiger charge is 2.51. The van der Waals surface area contributed by atoms with Gasteiger partial charge in [0.25, 0.3) is 0 Å². The number of ether oxygens (including phenoxy) is 1. The van der Waals surface area contributed by atoms with E-state index in [1.807, 2.05) is 0 Å². The van der Waals surface area contributed by atoms with Gasteiger partial charge in [-0.25, -0.2) is 0 Å². The number of esters is 1. The number of halogens is 1. The van der Waals surface area contributed by atoms with E-state index in [1.165, 1.54) is 13.5 Å². The van der Waals surface area contributed by atoms with Gasteiger partial charge in [0.15, 0.2) is 0 Å². The molecule has 64 valence electrons. The Morgan fingerprint density at radius 1 is 1.64 bits per heavy atom. The third-order valence-electron chi connectivity index (χ3n) is 2.61. The maximum atomic E-state index is 11.0. The van der Waals surface area contributed by atoms with E-state index in [2.05, 4.69) is 10.1 Å². The molecule has 2 bridgehead atoms. The molecule has 2 heterocycles. The van der Waals surface area contributed by atoms with E-state index in [4.69, 9.17) is 0 Å². The van der Waals surface area contributed by atoms with E-state index in [0.29, 0.717) is 12.0 Å². The average Bonchev–Trinajstić information content (AvgIpc) is 2.44. The molecular formula is C7H12ClNO2. The third-order valence-corrected chi connectivity index (χ3v) is 2.61. The molecule has 0 aromatic heterocycles. The molecular weight excluding hydrogens is 166 g/mol. The highest BCUT2D eigenvalue weighted by atomic mass is 35.5. The highest BCUT2D eigenvalue weighted by molar-refractivity contribution is 5.85. The van der Waals surface area contributed by atoms with Crippen LogP contribution in [-0.2, 0) is 9.53 Å². The molecule has 3 fully saturated rings. The Kier molecular flexibility index (Phi) is 2.40. The van der Waals surface area contributed by atoms with E-state index in [1.54, 1.807) is 0 Å². The summed E-state index contributed by atoms with van der Waals surface area (Å²) < 4.78 is 4.66. The second-order valence-corrected chi connectivity index (χ2v) is 3.06. The molecule has 3 nitrogen and oxygen atoms in total. The number of methoxy groups -OCH3 is 1. The number of fused-ring (bicyclic) bond motifs is 1. The van der Waals surface area contributed by atoms with Gasteiger partial charge in [0.2, 0.25) is 0 Å². The Hall–Kier alpha value is -0.280. The molecule has 3 atom stereocenters. The lowest BCUT2D eigenvalue weighted by Crippen LogP contribution is -2.42. The van der Waals surface area contributed by atoms with Crippen molar-refractivity contribution in [2.45, 2.75) is 12.5 Å². The van der Waals surface area contributed by atoms with Crippen LogP contribution >= 0.6 is 12.4 Å². The maximum absolute atomic E-state index is 11.0. The van der Waals surface area contributed by atoms with Crippen molar-refractivity contribution < 1.29 is 9.53 Å². The molecule has 1 aliphatic carbocycles. The van der Waals surface area contributed by atoms with Crippen molar-refractivity contribution in [1.29, 1.82) is 0 Å². The lowest BCUT2D eigenvalue weighted by Gasteiger charge is -2.31. The van der Waals surface area contributed by atoms with Gasteiger partial charge in [-0.3, -0.25) is 4.79 Å². The van der Waals surface area contributed by atoms with Gasteiger partial charge in [0, 0.05) is 6.04 Å². The fraction of sp³-hybridized carbons (Fsp3) is 0.857. The van der Waals surface area contributed by atoms with Crippen LogP contribution in [0.3, 0.4) is 0 Å². The van der Waals surface area contributed by atoms with Crippen LogP contribution in [0.2, 0.25) is 0 Å². The van der Waals surface area contributed by atoms with Gasteiger partial charge in [-0.2, -0.15) is 0 Å². The van der Waals surface area contributed by atoms with Gasteiger partial charge < -0.3 is 10.1 Å². The molecule has 0 radical (unpaired) electrons. The Morgan fingerprint density at radius 2 is 2.36 bits per heavy atom. The topological polar surface area (TPSA) is 38.3 Å². The first kappa shape index (κ1) is 8.81. The zero-order valence-electron chi connectivity index (χ0n) is 6.37. The van der Waals surface area contributed by atoms with E-state index >= 15 is 0 Å². The van der Waals surface area contributed by atoms with Gasteiger partial charge in [-0.1, -0.05) is 0 Å². The summed E-state index contributed by atoms with van der Waals surface area (Å²) in [7, 11) is 1.46. The molecule has 1 N–H and O–H groups in total. The molecule has 11 heavy (non-hydrogen) atoms. The number of carbonyl (C=O) groups excluding carboxylic acids is 1. The van der Waals surface area contributed by atoms with Gasteiger partial charge in [0.05, 0.1) is 13.0 Å². The lowest BCUT2D eigenvalue weighted by atomic mass is 9.74. The van der Waals surface area contributed by atoms with Gasteiger partial charge in [0.1, 0.15) is 0 Å². The summed E-state index contributed by atoms with van der Waals surface area (Å²) in [5.41, 5.74) is 0. The summed E-state index contributed by atoms with van der Waals surface area (Å²) in [6.45, 7) is 1.00. The van der Waals surface area contributed by atoms with Crippen LogP contribution < -0.4 is 5.32 Å². The summed E-state index contributed by atoms with van der Waals surface area (Å²) in [5, 5.41) is 3.26. The predicted molar refractivity (Wildman–Crippen MR) is 42.7 cm³/mol. The SMILES string of the molecule is COC(=O)C1C2CNC1C2.Cl. The summed E-state index contributed by atoms with van der Waals surface area (Å²) in [6.07, 6.45) is 1.17. The molecule has 3 unspecified atom stereocenters. The lowest BCUT2D eigenvalue weighted by molar-refractivity contribution is -0.150. The molecule has 1 saturated carbocycles. The van der Waals surface area contributed by atoms with Crippen LogP contribution in [0.15, 0.2) is 0 Å². The Morgan fingerprint density at radius 3 is 2.73 bits per heavy atom. The van der Waals surface area contributed by atoms with Crippen molar-refractivity contribution >= 4 is 18.4 Å². The minimum absolute atomic E-state index is 0. The Bertz CT molecular complexity index is 160. The highest BCUT2D eigenvalue weighted by Crippen LogP contribution is 2.40. The number of rotatable bonds is 1. The number of carbonyl (C=O) groups is 1. The fourth-order valence-electron chi connectivity index (χ4n) is 1.97. The van der Waals surface area contributed by atoms with E-state index < -0.39 is 0 Å². The van der Waals surface area contributed by atoms with Gasteiger partial charge in [-0.15, -0.1) is 12.4 Å². The largest absolute Gasteiger partial charge is 0.469 e. The second kappa shape index (κ2) is 2.99. The van der Waals surface area contributed by atoms with Crippen molar-refractivity contribution in [3.63, 3.8) is 0 Å². The van der Waals surface area contributed by atoms with Crippen molar-refractivity contribution in [3.05, 3.63) is 0 Å². The minimum Gasteiger partial charge on any atom is -0.469 e. The first-order valence-electron chi connectivity index (χ1n) is 3.64. The fourth-order valence-corrected chi connectivity index (χ4v) is 1.97. The van der Waals surface area contributed by atoms with Crippen LogP contribution in [0.4, 0.5) is 0 Å². The van der Waals surface area contributed by atoms with Crippen molar-refractivity contribution in [3.8, 4) is 0 Å². The molecule has 0 aromatic rings. The van der Waals surface area contributed by atoms with E-state index in [9.17, 15) is 4.79 Å². The third kappa shape index (κ3) is 1.12. The molecule has 2 aliphatic heterocycles. The van der Waals surface area contributed by atoms with Crippen molar-refractivity contribution in [2.75, 3.05) is 13.7 Å². The molecule has 0 spiro atoms. The predicted octanol–water partition coefficient (Wildman–Crippen LogP) is 0.189. The first-order valence-corrected chi connectivity index (χ1v) is 3.64. The second-order valence-electron chi connectivity index (χ2n) is 3.06. The number of hydrogen-bond acceptors (Lipinski definition) is 3. The summed E-state index contributed by atoms with van der Waals surface area (Å²) in [4.78, 5) is 11.0. The standard InChI is InChI=1S/C7H11NO2.ClH/c1-10-7(9)6-4-2-5(6)8-3-4;/h4-6,8H,2-3H2,1H3;1H. The number of nitrogens with one attached hydrogen (secondary N) is 1. The quantitative estimate of drug-likeness (QED) is 0.582. The first-order chi connectivity index (χ1) is 4.83.